The third-order valence-electron chi connectivity index (χ3n) is 3.80. The summed E-state index contributed by atoms with van der Waals surface area (Å²) in [5.74, 6) is 0.313. The molecule has 118 valence electrons. The van der Waals surface area contributed by atoms with Crippen LogP contribution < -0.4 is 10.6 Å². The molecule has 6 heteroatoms. The first-order chi connectivity index (χ1) is 11.1. The van der Waals surface area contributed by atoms with Crippen LogP contribution in [0.5, 0.6) is 0 Å². The number of para-hydroxylation sites is 1. The molecule has 0 atom stereocenters. The van der Waals surface area contributed by atoms with Gasteiger partial charge in [0.05, 0.1) is 11.1 Å². The second kappa shape index (κ2) is 6.48. The second-order valence-corrected chi connectivity index (χ2v) is 5.45. The number of rotatable bonds is 6. The van der Waals surface area contributed by atoms with Gasteiger partial charge in [-0.1, -0.05) is 18.2 Å². The van der Waals surface area contributed by atoms with E-state index >= 15 is 0 Å². The van der Waals surface area contributed by atoms with E-state index in [1.165, 1.54) is 0 Å². The first-order valence-electron chi connectivity index (χ1n) is 7.53. The highest BCUT2D eigenvalue weighted by Crippen LogP contribution is 2.22. The molecule has 1 amide bonds. The van der Waals surface area contributed by atoms with Gasteiger partial charge in [-0.2, -0.15) is 5.10 Å². The fraction of sp³-hybridized carbons (Fsp3) is 0.235. The van der Waals surface area contributed by atoms with Crippen molar-refractivity contribution in [1.82, 2.24) is 14.8 Å². The highest BCUT2D eigenvalue weighted by Gasteiger charge is 2.12. The molecule has 6 nitrogen and oxygen atoms in total. The Morgan fingerprint density at radius 3 is 2.87 bits per heavy atom. The Labute approximate surface area is 134 Å². The predicted molar refractivity (Wildman–Crippen MR) is 90.4 cm³/mol. The Bertz CT molecular complexity index is 813. The van der Waals surface area contributed by atoms with Crippen molar-refractivity contribution in [2.75, 3.05) is 18.5 Å². The van der Waals surface area contributed by atoms with E-state index in [9.17, 15) is 4.79 Å². The van der Waals surface area contributed by atoms with E-state index < -0.39 is 5.91 Å². The van der Waals surface area contributed by atoms with E-state index in [1.54, 1.807) is 12.3 Å². The molecule has 0 saturated carbocycles. The van der Waals surface area contributed by atoms with Crippen molar-refractivity contribution in [2.24, 2.45) is 5.73 Å². The van der Waals surface area contributed by atoms with Crippen LogP contribution in [-0.4, -0.2) is 34.3 Å². The van der Waals surface area contributed by atoms with Crippen molar-refractivity contribution in [3.8, 4) is 0 Å². The minimum atomic E-state index is -0.435. The molecule has 0 aliphatic carbocycles. The maximum absolute atomic E-state index is 11.7. The second-order valence-electron chi connectivity index (χ2n) is 5.45. The molecule has 0 bridgehead atoms. The van der Waals surface area contributed by atoms with Crippen LogP contribution in [0.25, 0.3) is 10.9 Å². The SMILES string of the molecule is CN(CCCn1cccn1)c1cc(C(N)=O)c2ccccc2n1. The number of nitrogens with two attached hydrogens (primary N) is 1. The summed E-state index contributed by atoms with van der Waals surface area (Å²) in [6, 6.07) is 11.2. The van der Waals surface area contributed by atoms with Crippen LogP contribution in [0.3, 0.4) is 0 Å². The van der Waals surface area contributed by atoms with Crippen LogP contribution in [0.2, 0.25) is 0 Å². The number of benzene rings is 1. The monoisotopic (exact) mass is 309 g/mol. The fourth-order valence-electron chi connectivity index (χ4n) is 2.58. The summed E-state index contributed by atoms with van der Waals surface area (Å²) in [5, 5.41) is 4.97. The lowest BCUT2D eigenvalue weighted by atomic mass is 10.1. The predicted octanol–water partition coefficient (Wildman–Crippen LogP) is 2.06. The lowest BCUT2D eigenvalue weighted by Gasteiger charge is -2.19. The third-order valence-corrected chi connectivity index (χ3v) is 3.80. The first-order valence-corrected chi connectivity index (χ1v) is 7.53. The summed E-state index contributed by atoms with van der Waals surface area (Å²) >= 11 is 0. The molecule has 23 heavy (non-hydrogen) atoms. The molecule has 1 aromatic carbocycles. The number of fused-ring (bicyclic) bond motifs is 1. The number of primary amides is 1. The van der Waals surface area contributed by atoms with Crippen LogP contribution in [0.1, 0.15) is 16.8 Å². The quantitative estimate of drug-likeness (QED) is 0.756. The zero-order chi connectivity index (χ0) is 16.2. The minimum Gasteiger partial charge on any atom is -0.366 e. The zero-order valence-corrected chi connectivity index (χ0v) is 13.0. The molecule has 0 fully saturated rings. The molecule has 0 spiro atoms. The van der Waals surface area contributed by atoms with Crippen molar-refractivity contribution in [3.63, 3.8) is 0 Å². The smallest absolute Gasteiger partial charge is 0.249 e. The number of hydrogen-bond donors (Lipinski definition) is 1. The van der Waals surface area contributed by atoms with Gasteiger partial charge in [-0.25, -0.2) is 4.98 Å². The van der Waals surface area contributed by atoms with Gasteiger partial charge in [0.1, 0.15) is 5.82 Å². The van der Waals surface area contributed by atoms with Gasteiger partial charge in [-0.05, 0) is 24.6 Å². The lowest BCUT2D eigenvalue weighted by Crippen LogP contribution is -2.22. The van der Waals surface area contributed by atoms with Gasteiger partial charge in [0.2, 0.25) is 5.91 Å². The molecule has 3 aromatic rings. The van der Waals surface area contributed by atoms with Crippen molar-refractivity contribution in [1.29, 1.82) is 0 Å². The van der Waals surface area contributed by atoms with Gasteiger partial charge in [0, 0.05) is 37.9 Å². The Balaban J connectivity index is 1.79. The third kappa shape index (κ3) is 3.31. The molecule has 0 radical (unpaired) electrons. The maximum atomic E-state index is 11.7. The topological polar surface area (TPSA) is 77.0 Å². The van der Waals surface area contributed by atoms with Crippen LogP contribution in [0.4, 0.5) is 5.82 Å². The molecule has 3 rings (SSSR count). The summed E-state index contributed by atoms with van der Waals surface area (Å²) < 4.78 is 1.90. The Morgan fingerprint density at radius 1 is 1.30 bits per heavy atom. The highest BCUT2D eigenvalue weighted by molar-refractivity contribution is 6.06. The fourth-order valence-corrected chi connectivity index (χ4v) is 2.58. The zero-order valence-electron chi connectivity index (χ0n) is 13.0. The summed E-state index contributed by atoms with van der Waals surface area (Å²) in [5.41, 5.74) is 6.80. The minimum absolute atomic E-state index is 0.435. The van der Waals surface area contributed by atoms with Gasteiger partial charge in [0.15, 0.2) is 0 Å². The normalized spacial score (nSPS) is 10.8. The number of anilines is 1. The Morgan fingerprint density at radius 2 is 2.13 bits per heavy atom. The van der Waals surface area contributed by atoms with E-state index in [2.05, 4.69) is 10.1 Å². The molecule has 0 unspecified atom stereocenters. The number of aromatic nitrogens is 3. The van der Waals surface area contributed by atoms with Crippen LogP contribution >= 0.6 is 0 Å². The van der Waals surface area contributed by atoms with E-state index in [0.29, 0.717) is 5.56 Å². The number of carbonyl (C=O) groups excluding carboxylic acids is 1. The number of carbonyl (C=O) groups is 1. The lowest BCUT2D eigenvalue weighted by molar-refractivity contribution is 0.100. The molecule has 2 heterocycles. The average molecular weight is 309 g/mol. The molecular weight excluding hydrogens is 290 g/mol. The van der Waals surface area contributed by atoms with Crippen molar-refractivity contribution < 1.29 is 4.79 Å². The van der Waals surface area contributed by atoms with Crippen molar-refractivity contribution in [3.05, 3.63) is 54.4 Å². The summed E-state index contributed by atoms with van der Waals surface area (Å²) in [6.07, 6.45) is 4.64. The van der Waals surface area contributed by atoms with Crippen LogP contribution in [0, 0.1) is 0 Å². The molecule has 2 aromatic heterocycles. The number of hydrogen-bond acceptors (Lipinski definition) is 4. The molecular formula is C17H19N5O. The molecule has 2 N–H and O–H groups in total. The van der Waals surface area contributed by atoms with E-state index in [-0.39, 0.29) is 0 Å². The average Bonchev–Trinajstić information content (AvgIpc) is 3.07. The highest BCUT2D eigenvalue weighted by atomic mass is 16.1. The first kappa shape index (κ1) is 15.0. The van der Waals surface area contributed by atoms with Gasteiger partial charge in [0.25, 0.3) is 0 Å². The summed E-state index contributed by atoms with van der Waals surface area (Å²) in [7, 11) is 1.96. The number of amides is 1. The number of aryl methyl sites for hydroxylation is 1. The van der Waals surface area contributed by atoms with Crippen LogP contribution in [-0.2, 0) is 6.54 Å². The van der Waals surface area contributed by atoms with Gasteiger partial charge in [-0.3, -0.25) is 9.48 Å². The van der Waals surface area contributed by atoms with Crippen molar-refractivity contribution in [2.45, 2.75) is 13.0 Å². The molecule has 0 saturated heterocycles. The van der Waals surface area contributed by atoms with E-state index in [1.807, 2.05) is 53.2 Å². The standard InChI is InChI=1S/C17H19N5O/c1-21(9-5-11-22-10-4-8-19-22)16-12-14(17(18)23)13-6-2-3-7-15(13)20-16/h2-4,6-8,10,12H,5,9,11H2,1H3,(H2,18,23). The van der Waals surface area contributed by atoms with Gasteiger partial charge < -0.3 is 10.6 Å². The van der Waals surface area contributed by atoms with Crippen LogP contribution in [0.15, 0.2) is 48.8 Å². The van der Waals surface area contributed by atoms with E-state index in [4.69, 9.17) is 5.73 Å². The molecule has 0 aliphatic heterocycles. The van der Waals surface area contributed by atoms with Gasteiger partial charge >= 0.3 is 0 Å². The maximum Gasteiger partial charge on any atom is 0.249 e. The van der Waals surface area contributed by atoms with Gasteiger partial charge in [-0.15, -0.1) is 0 Å². The van der Waals surface area contributed by atoms with E-state index in [0.717, 1.165) is 36.2 Å². The summed E-state index contributed by atoms with van der Waals surface area (Å²) in [4.78, 5) is 18.4. The number of nitrogens with zero attached hydrogens (tertiary/aromatic N) is 4. The molecule has 0 aliphatic rings. The summed E-state index contributed by atoms with van der Waals surface area (Å²) in [6.45, 7) is 1.65. The Hall–Kier alpha value is -2.89. The Kier molecular flexibility index (Phi) is 4.23. The largest absolute Gasteiger partial charge is 0.366 e. The number of pyridine rings is 1. The van der Waals surface area contributed by atoms with Crippen molar-refractivity contribution >= 4 is 22.6 Å².